The van der Waals surface area contributed by atoms with E-state index in [2.05, 4.69) is 0 Å². The van der Waals surface area contributed by atoms with Crippen LogP contribution in [0.25, 0.3) is 0 Å². The van der Waals surface area contributed by atoms with E-state index in [1.807, 2.05) is 31.2 Å². The number of aryl methyl sites for hydroxylation is 1. The number of imide groups is 1. The molecule has 0 spiro atoms. The molecule has 37 heavy (non-hydrogen) atoms. The van der Waals surface area contributed by atoms with Crippen LogP contribution in [0.1, 0.15) is 27.9 Å². The smallest absolute Gasteiger partial charge is 0.257 e. The van der Waals surface area contributed by atoms with Crippen molar-refractivity contribution < 1.29 is 28.6 Å². The van der Waals surface area contributed by atoms with Gasteiger partial charge in [0.2, 0.25) is 5.91 Å². The van der Waals surface area contributed by atoms with Crippen molar-refractivity contribution in [3.63, 3.8) is 0 Å². The predicted molar refractivity (Wildman–Crippen MR) is 139 cm³/mol. The number of nitrogens with zero attached hydrogens (tertiary/aromatic N) is 2. The van der Waals surface area contributed by atoms with E-state index in [0.29, 0.717) is 34.9 Å². The highest BCUT2D eigenvalue weighted by Crippen LogP contribution is 2.30. The summed E-state index contributed by atoms with van der Waals surface area (Å²) < 4.78 is 15.9. The Morgan fingerprint density at radius 1 is 0.892 bits per heavy atom. The number of ether oxygens (including phenoxy) is 3. The molecule has 0 radical (unpaired) electrons. The average Bonchev–Trinajstić information content (AvgIpc) is 3.22. The van der Waals surface area contributed by atoms with Crippen molar-refractivity contribution in [3.8, 4) is 17.2 Å². The van der Waals surface area contributed by atoms with Crippen LogP contribution in [0.4, 0.5) is 5.69 Å². The Bertz CT molecular complexity index is 1290. The van der Waals surface area contributed by atoms with E-state index >= 15 is 0 Å². The minimum absolute atomic E-state index is 0.0828. The molecule has 0 aliphatic carbocycles. The van der Waals surface area contributed by atoms with Gasteiger partial charge in [0.25, 0.3) is 11.8 Å². The number of carbonyl (C=O) groups excluding carboxylic acids is 3. The average molecular weight is 503 g/mol. The fourth-order valence-corrected chi connectivity index (χ4v) is 4.41. The Morgan fingerprint density at radius 3 is 2.19 bits per heavy atom. The standard InChI is InChI=1S/C29H30N2O6/c1-19-5-10-22(11-6-19)31-27(32)18-24(29(31)34)30(28(33)21-8-12-23(35-2)13-9-21)16-15-20-7-14-25(36-3)26(17-20)37-4/h5-14,17,24H,15-16,18H2,1-4H3. The van der Waals surface area contributed by atoms with Gasteiger partial charge in [0.05, 0.1) is 33.4 Å². The lowest BCUT2D eigenvalue weighted by Gasteiger charge is -2.28. The normalized spacial score (nSPS) is 15.0. The summed E-state index contributed by atoms with van der Waals surface area (Å²) in [4.78, 5) is 42.8. The first-order valence-electron chi connectivity index (χ1n) is 12.0. The third-order valence-electron chi connectivity index (χ3n) is 6.48. The largest absolute Gasteiger partial charge is 0.497 e. The summed E-state index contributed by atoms with van der Waals surface area (Å²) in [5.74, 6) is 0.708. The van der Waals surface area contributed by atoms with Gasteiger partial charge in [0.1, 0.15) is 11.8 Å². The van der Waals surface area contributed by atoms with Crippen molar-refractivity contribution in [2.75, 3.05) is 32.8 Å². The van der Waals surface area contributed by atoms with Crippen LogP contribution in [0.5, 0.6) is 17.2 Å². The van der Waals surface area contributed by atoms with Crippen LogP contribution < -0.4 is 19.1 Å². The first-order chi connectivity index (χ1) is 17.9. The van der Waals surface area contributed by atoms with E-state index in [1.54, 1.807) is 63.8 Å². The molecule has 0 N–H and O–H groups in total. The summed E-state index contributed by atoms with van der Waals surface area (Å²) in [7, 11) is 4.67. The molecule has 1 unspecified atom stereocenters. The van der Waals surface area contributed by atoms with Crippen molar-refractivity contribution in [1.82, 2.24) is 4.90 Å². The molecule has 0 bridgehead atoms. The van der Waals surface area contributed by atoms with E-state index in [9.17, 15) is 14.4 Å². The molecule has 1 aliphatic rings. The Kier molecular flexibility index (Phi) is 7.77. The third-order valence-corrected chi connectivity index (χ3v) is 6.48. The number of anilines is 1. The van der Waals surface area contributed by atoms with Crippen molar-refractivity contribution in [2.45, 2.75) is 25.8 Å². The molecule has 3 amide bonds. The minimum Gasteiger partial charge on any atom is -0.497 e. The van der Waals surface area contributed by atoms with Gasteiger partial charge in [-0.3, -0.25) is 14.4 Å². The summed E-state index contributed by atoms with van der Waals surface area (Å²) in [5, 5.41) is 0. The molecular weight excluding hydrogens is 472 g/mol. The van der Waals surface area contributed by atoms with Crippen molar-refractivity contribution >= 4 is 23.4 Å². The van der Waals surface area contributed by atoms with E-state index < -0.39 is 11.9 Å². The number of rotatable bonds is 9. The lowest BCUT2D eigenvalue weighted by molar-refractivity contribution is -0.122. The fourth-order valence-electron chi connectivity index (χ4n) is 4.41. The van der Waals surface area contributed by atoms with Gasteiger partial charge in [-0.2, -0.15) is 0 Å². The summed E-state index contributed by atoms with van der Waals surface area (Å²) in [6.07, 6.45) is 0.366. The van der Waals surface area contributed by atoms with Gasteiger partial charge in [-0.15, -0.1) is 0 Å². The number of methoxy groups -OCH3 is 3. The number of hydrogen-bond donors (Lipinski definition) is 0. The second kappa shape index (κ2) is 11.2. The zero-order chi connectivity index (χ0) is 26.5. The topological polar surface area (TPSA) is 85.4 Å². The zero-order valence-corrected chi connectivity index (χ0v) is 21.4. The molecule has 1 fully saturated rings. The van der Waals surface area contributed by atoms with E-state index in [1.165, 1.54) is 9.80 Å². The van der Waals surface area contributed by atoms with Gasteiger partial charge in [-0.05, 0) is 67.4 Å². The van der Waals surface area contributed by atoms with Crippen LogP contribution in [0.3, 0.4) is 0 Å². The Morgan fingerprint density at radius 2 is 1.57 bits per heavy atom. The minimum atomic E-state index is -0.913. The highest BCUT2D eigenvalue weighted by atomic mass is 16.5. The zero-order valence-electron chi connectivity index (χ0n) is 21.4. The van der Waals surface area contributed by atoms with Gasteiger partial charge in [0.15, 0.2) is 11.5 Å². The number of carbonyl (C=O) groups is 3. The maximum Gasteiger partial charge on any atom is 0.257 e. The molecule has 192 valence electrons. The second-order valence-electron chi connectivity index (χ2n) is 8.79. The second-order valence-corrected chi connectivity index (χ2v) is 8.79. The molecule has 8 heteroatoms. The van der Waals surface area contributed by atoms with Crippen LogP contribution in [0.15, 0.2) is 66.7 Å². The highest BCUT2D eigenvalue weighted by molar-refractivity contribution is 6.23. The van der Waals surface area contributed by atoms with Gasteiger partial charge >= 0.3 is 0 Å². The third kappa shape index (κ3) is 5.43. The van der Waals surface area contributed by atoms with Crippen LogP contribution in [-0.4, -0.2) is 56.5 Å². The molecule has 4 rings (SSSR count). The molecule has 0 saturated carbocycles. The first kappa shape index (κ1) is 25.8. The summed E-state index contributed by atoms with van der Waals surface area (Å²) in [6, 6.07) is 18.5. The molecule has 0 aromatic heterocycles. The molecule has 1 saturated heterocycles. The van der Waals surface area contributed by atoms with E-state index in [0.717, 1.165) is 11.1 Å². The maximum atomic E-state index is 13.7. The van der Waals surface area contributed by atoms with Crippen molar-refractivity contribution in [1.29, 1.82) is 0 Å². The molecule has 1 atom stereocenters. The quantitative estimate of drug-likeness (QED) is 0.411. The van der Waals surface area contributed by atoms with Gasteiger partial charge in [0, 0.05) is 12.1 Å². The number of hydrogen-bond acceptors (Lipinski definition) is 6. The van der Waals surface area contributed by atoms with Crippen molar-refractivity contribution in [3.05, 3.63) is 83.4 Å². The van der Waals surface area contributed by atoms with Crippen LogP contribution in [0, 0.1) is 6.92 Å². The Balaban J connectivity index is 1.63. The van der Waals surface area contributed by atoms with Gasteiger partial charge in [-0.1, -0.05) is 23.8 Å². The van der Waals surface area contributed by atoms with Crippen LogP contribution in [-0.2, 0) is 16.0 Å². The molecule has 3 aromatic rings. The van der Waals surface area contributed by atoms with Crippen LogP contribution in [0.2, 0.25) is 0 Å². The maximum absolute atomic E-state index is 13.7. The highest BCUT2D eigenvalue weighted by Gasteiger charge is 2.44. The van der Waals surface area contributed by atoms with Gasteiger partial charge in [-0.25, -0.2) is 4.90 Å². The molecule has 3 aromatic carbocycles. The van der Waals surface area contributed by atoms with Crippen molar-refractivity contribution in [2.24, 2.45) is 0 Å². The summed E-state index contributed by atoms with van der Waals surface area (Å²) >= 11 is 0. The molecule has 1 heterocycles. The lowest BCUT2D eigenvalue weighted by atomic mass is 10.1. The fraction of sp³-hybridized carbons (Fsp3) is 0.276. The predicted octanol–water partition coefficient (Wildman–Crippen LogP) is 4.04. The van der Waals surface area contributed by atoms with E-state index in [-0.39, 0.29) is 24.8 Å². The molecular formula is C29H30N2O6. The number of amides is 3. The first-order valence-corrected chi connectivity index (χ1v) is 12.0. The number of benzene rings is 3. The summed E-state index contributed by atoms with van der Waals surface area (Å²) in [5.41, 5.74) is 2.82. The Labute approximate surface area is 216 Å². The Hall–Kier alpha value is -4.33. The molecule has 8 nitrogen and oxygen atoms in total. The van der Waals surface area contributed by atoms with Gasteiger partial charge < -0.3 is 19.1 Å². The summed E-state index contributed by atoms with van der Waals surface area (Å²) in [6.45, 7) is 2.16. The molecule has 1 aliphatic heterocycles. The SMILES string of the molecule is COc1ccc(C(=O)N(CCc2ccc(OC)c(OC)c2)C2CC(=O)N(c3ccc(C)cc3)C2=O)cc1. The van der Waals surface area contributed by atoms with Crippen LogP contribution >= 0.6 is 0 Å². The van der Waals surface area contributed by atoms with E-state index in [4.69, 9.17) is 14.2 Å². The lowest BCUT2D eigenvalue weighted by Crippen LogP contribution is -2.46. The monoisotopic (exact) mass is 502 g/mol.